The molecule has 25 heavy (non-hydrogen) atoms. The number of aromatic nitrogens is 4. The van der Waals surface area contributed by atoms with Gasteiger partial charge in [0.1, 0.15) is 5.82 Å². The highest BCUT2D eigenvalue weighted by atomic mass is 15.3. The monoisotopic (exact) mass is 342 g/mol. The zero-order valence-electron chi connectivity index (χ0n) is 15.9. The van der Waals surface area contributed by atoms with Crippen molar-refractivity contribution in [1.29, 1.82) is 0 Å². The van der Waals surface area contributed by atoms with Crippen LogP contribution >= 0.6 is 0 Å². The van der Waals surface area contributed by atoms with Crippen LogP contribution in [0.5, 0.6) is 0 Å². The number of aryl methyl sites for hydroxylation is 3. The summed E-state index contributed by atoms with van der Waals surface area (Å²) >= 11 is 0. The van der Waals surface area contributed by atoms with Gasteiger partial charge in [-0.2, -0.15) is 0 Å². The molecule has 136 valence electrons. The second-order valence-electron chi connectivity index (χ2n) is 7.35. The van der Waals surface area contributed by atoms with Gasteiger partial charge in [0.2, 0.25) is 5.95 Å². The van der Waals surface area contributed by atoms with Crippen LogP contribution in [0.25, 0.3) is 0 Å². The third-order valence-electron chi connectivity index (χ3n) is 4.87. The van der Waals surface area contributed by atoms with Gasteiger partial charge in [-0.15, -0.1) is 0 Å². The number of nitrogens with zero attached hydrogens (tertiary/aromatic N) is 6. The molecule has 3 rings (SSSR count). The fourth-order valence-electron chi connectivity index (χ4n) is 3.61. The van der Waals surface area contributed by atoms with E-state index in [9.17, 15) is 0 Å². The molecule has 0 aliphatic carbocycles. The van der Waals surface area contributed by atoms with Crippen molar-refractivity contribution in [3.63, 3.8) is 0 Å². The van der Waals surface area contributed by atoms with E-state index in [1.165, 1.54) is 5.82 Å². The van der Waals surface area contributed by atoms with Crippen LogP contribution in [0.1, 0.15) is 42.4 Å². The Bertz CT molecular complexity index is 665. The summed E-state index contributed by atoms with van der Waals surface area (Å²) in [6.45, 7) is 8.23. The number of hydrogen-bond donors (Lipinski definition) is 0. The first kappa shape index (κ1) is 17.9. The molecule has 0 bridgehead atoms. The lowest BCUT2D eigenvalue weighted by Gasteiger charge is -2.32. The van der Waals surface area contributed by atoms with Gasteiger partial charge in [-0.05, 0) is 59.8 Å². The van der Waals surface area contributed by atoms with Crippen LogP contribution in [0.2, 0.25) is 0 Å². The molecular formula is C19H30N6. The van der Waals surface area contributed by atoms with Crippen molar-refractivity contribution in [3.8, 4) is 0 Å². The number of piperidine rings is 1. The lowest BCUT2D eigenvalue weighted by Crippen LogP contribution is -2.35. The van der Waals surface area contributed by atoms with Crippen molar-refractivity contribution >= 4 is 5.95 Å². The Balaban J connectivity index is 1.60. The molecule has 6 nitrogen and oxygen atoms in total. The molecule has 3 heterocycles. The van der Waals surface area contributed by atoms with Crippen molar-refractivity contribution in [2.45, 2.75) is 45.6 Å². The van der Waals surface area contributed by atoms with E-state index in [1.54, 1.807) is 0 Å². The topological polar surface area (TPSA) is 50.1 Å². The van der Waals surface area contributed by atoms with Crippen LogP contribution in [-0.2, 0) is 6.54 Å². The molecule has 0 spiro atoms. The van der Waals surface area contributed by atoms with Crippen LogP contribution in [0.15, 0.2) is 18.5 Å². The summed E-state index contributed by atoms with van der Waals surface area (Å²) in [5.74, 6) is 2.67. The zero-order valence-corrected chi connectivity index (χ0v) is 15.9. The number of anilines is 1. The minimum Gasteiger partial charge on any atom is -0.341 e. The summed E-state index contributed by atoms with van der Waals surface area (Å²) in [6.07, 6.45) is 7.46. The Kier molecular flexibility index (Phi) is 5.68. The molecule has 0 saturated carbocycles. The number of rotatable bonds is 6. The van der Waals surface area contributed by atoms with E-state index in [0.29, 0.717) is 5.92 Å². The quantitative estimate of drug-likeness (QED) is 0.808. The van der Waals surface area contributed by atoms with Crippen LogP contribution < -0.4 is 4.90 Å². The van der Waals surface area contributed by atoms with E-state index >= 15 is 0 Å². The Labute approximate surface area is 150 Å². The Hall–Kier alpha value is -1.95. The van der Waals surface area contributed by atoms with Crippen LogP contribution in [0.4, 0.5) is 5.95 Å². The van der Waals surface area contributed by atoms with Crippen LogP contribution in [0, 0.1) is 13.8 Å². The van der Waals surface area contributed by atoms with Crippen molar-refractivity contribution in [2.75, 3.05) is 38.6 Å². The van der Waals surface area contributed by atoms with Crippen LogP contribution in [0.3, 0.4) is 0 Å². The number of imidazole rings is 1. The summed E-state index contributed by atoms with van der Waals surface area (Å²) in [5, 5.41) is 0. The van der Waals surface area contributed by atoms with Crippen molar-refractivity contribution < 1.29 is 0 Å². The maximum absolute atomic E-state index is 4.66. The lowest BCUT2D eigenvalue weighted by molar-refractivity contribution is 0.379. The van der Waals surface area contributed by atoms with E-state index in [-0.39, 0.29) is 0 Å². The Morgan fingerprint density at radius 1 is 1.12 bits per heavy atom. The molecule has 0 N–H and O–H groups in total. The SMILES string of the molecule is Cc1cc(C)nc(N2CCC(c3nccn3CCCN(C)C)CC2)n1. The highest BCUT2D eigenvalue weighted by Crippen LogP contribution is 2.28. The maximum atomic E-state index is 4.66. The molecule has 1 saturated heterocycles. The Morgan fingerprint density at radius 2 is 1.80 bits per heavy atom. The molecule has 2 aromatic rings. The number of hydrogen-bond acceptors (Lipinski definition) is 5. The standard InChI is InChI=1S/C19H30N6/c1-15-14-16(2)22-19(21-15)25-11-6-17(7-12-25)18-20-8-13-24(18)10-5-9-23(3)4/h8,13-14,17H,5-7,9-12H2,1-4H3. The van der Waals surface area contributed by atoms with Gasteiger partial charge in [-0.25, -0.2) is 15.0 Å². The van der Waals surface area contributed by atoms with E-state index in [4.69, 9.17) is 0 Å². The van der Waals surface area contributed by atoms with E-state index in [0.717, 1.165) is 62.8 Å². The predicted octanol–water partition coefficient (Wildman–Crippen LogP) is 2.63. The first-order valence-corrected chi connectivity index (χ1v) is 9.26. The molecule has 1 aliphatic rings. The third-order valence-corrected chi connectivity index (χ3v) is 4.87. The van der Waals surface area contributed by atoms with E-state index in [2.05, 4.69) is 49.6 Å². The van der Waals surface area contributed by atoms with Crippen LogP contribution in [-0.4, -0.2) is 58.1 Å². The molecule has 0 atom stereocenters. The second-order valence-corrected chi connectivity index (χ2v) is 7.35. The van der Waals surface area contributed by atoms with Gasteiger partial charge in [-0.3, -0.25) is 0 Å². The molecule has 0 aromatic carbocycles. The Morgan fingerprint density at radius 3 is 2.44 bits per heavy atom. The third kappa shape index (κ3) is 4.57. The molecule has 1 aliphatic heterocycles. The smallest absolute Gasteiger partial charge is 0.225 e. The van der Waals surface area contributed by atoms with Crippen molar-refractivity contribution in [2.24, 2.45) is 0 Å². The molecule has 0 amide bonds. The molecule has 0 unspecified atom stereocenters. The summed E-state index contributed by atoms with van der Waals surface area (Å²) in [6, 6.07) is 2.03. The fourth-order valence-corrected chi connectivity index (χ4v) is 3.61. The first-order valence-electron chi connectivity index (χ1n) is 9.26. The average Bonchev–Trinajstić information content (AvgIpc) is 3.02. The fraction of sp³-hybridized carbons (Fsp3) is 0.632. The largest absolute Gasteiger partial charge is 0.341 e. The summed E-state index contributed by atoms with van der Waals surface area (Å²) in [5.41, 5.74) is 2.09. The minimum absolute atomic E-state index is 0.538. The zero-order chi connectivity index (χ0) is 17.8. The van der Waals surface area contributed by atoms with Crippen molar-refractivity contribution in [3.05, 3.63) is 35.7 Å². The van der Waals surface area contributed by atoms with Gasteiger partial charge in [0.25, 0.3) is 0 Å². The van der Waals surface area contributed by atoms with Gasteiger partial charge in [-0.1, -0.05) is 0 Å². The van der Waals surface area contributed by atoms with Gasteiger partial charge in [0.15, 0.2) is 0 Å². The highest BCUT2D eigenvalue weighted by Gasteiger charge is 2.25. The van der Waals surface area contributed by atoms with E-state index < -0.39 is 0 Å². The molecule has 6 heteroatoms. The normalized spacial score (nSPS) is 16.0. The lowest BCUT2D eigenvalue weighted by atomic mass is 9.96. The van der Waals surface area contributed by atoms with Crippen molar-refractivity contribution in [1.82, 2.24) is 24.4 Å². The highest BCUT2D eigenvalue weighted by molar-refractivity contribution is 5.33. The average molecular weight is 342 g/mol. The molecule has 0 radical (unpaired) electrons. The summed E-state index contributed by atoms with van der Waals surface area (Å²) < 4.78 is 2.34. The van der Waals surface area contributed by atoms with Gasteiger partial charge in [0.05, 0.1) is 0 Å². The second kappa shape index (κ2) is 7.95. The minimum atomic E-state index is 0.538. The maximum Gasteiger partial charge on any atom is 0.225 e. The molecule has 1 fully saturated rings. The molecule has 2 aromatic heterocycles. The van der Waals surface area contributed by atoms with E-state index in [1.807, 2.05) is 26.1 Å². The van der Waals surface area contributed by atoms with Gasteiger partial charge in [0, 0.05) is 49.3 Å². The van der Waals surface area contributed by atoms with Gasteiger partial charge < -0.3 is 14.4 Å². The van der Waals surface area contributed by atoms with Gasteiger partial charge >= 0.3 is 0 Å². The summed E-state index contributed by atoms with van der Waals surface area (Å²) in [7, 11) is 4.25. The predicted molar refractivity (Wildman–Crippen MR) is 101 cm³/mol. The molecular weight excluding hydrogens is 312 g/mol. The first-order chi connectivity index (χ1) is 12.0. The summed E-state index contributed by atoms with van der Waals surface area (Å²) in [4.78, 5) is 18.4.